The van der Waals surface area contributed by atoms with Crippen LogP contribution in [0.4, 0.5) is 0 Å². The van der Waals surface area contributed by atoms with E-state index in [0.717, 1.165) is 11.1 Å². The summed E-state index contributed by atoms with van der Waals surface area (Å²) in [4.78, 5) is 39.6. The molecule has 2 N–H and O–H groups in total. The third-order valence-corrected chi connectivity index (χ3v) is 5.86. The first-order chi connectivity index (χ1) is 14.5. The zero-order valence-electron chi connectivity index (χ0n) is 16.0. The number of halogens is 1. The summed E-state index contributed by atoms with van der Waals surface area (Å²) in [5, 5.41) is 7.61. The molecule has 0 radical (unpaired) electrons. The minimum Gasteiger partial charge on any atom is -0.341 e. The van der Waals surface area contributed by atoms with Gasteiger partial charge in [-0.25, -0.2) is 0 Å². The molecule has 0 bridgehead atoms. The number of aryl methyl sites for hydroxylation is 1. The molecule has 8 heteroatoms. The zero-order chi connectivity index (χ0) is 21.3. The van der Waals surface area contributed by atoms with Crippen molar-refractivity contribution in [3.05, 3.63) is 102 Å². The average molecular weight is 440 g/mol. The highest BCUT2D eigenvalue weighted by atomic mass is 35.5. The fourth-order valence-electron chi connectivity index (χ4n) is 3.40. The molecule has 2 heterocycles. The van der Waals surface area contributed by atoms with Crippen LogP contribution in [-0.2, 0) is 6.54 Å². The Kier molecular flexibility index (Phi) is 5.57. The first-order valence-corrected chi connectivity index (χ1v) is 10.7. The minimum atomic E-state index is -0.709. The van der Waals surface area contributed by atoms with Crippen LogP contribution in [0.2, 0.25) is 5.02 Å². The van der Waals surface area contributed by atoms with Gasteiger partial charge in [-0.3, -0.25) is 14.4 Å². The fraction of sp³-hybridized carbons (Fsp3) is 0.136. The molecule has 4 rings (SSSR count). The summed E-state index contributed by atoms with van der Waals surface area (Å²) in [5.41, 5.74) is 1.94. The second-order valence-corrected chi connectivity index (χ2v) is 7.97. The van der Waals surface area contributed by atoms with E-state index in [1.54, 1.807) is 48.6 Å². The number of thiophene rings is 1. The van der Waals surface area contributed by atoms with E-state index in [-0.39, 0.29) is 11.9 Å². The van der Waals surface area contributed by atoms with Gasteiger partial charge in [0.2, 0.25) is 0 Å². The van der Waals surface area contributed by atoms with Gasteiger partial charge >= 0.3 is 11.1 Å². The van der Waals surface area contributed by atoms with E-state index in [1.165, 1.54) is 4.57 Å². The normalized spacial score (nSPS) is 12.1. The molecule has 2 aromatic carbocycles. The number of carbonyl (C=O) groups excluding carboxylic acids is 1. The van der Waals surface area contributed by atoms with Crippen LogP contribution in [0.25, 0.3) is 11.0 Å². The molecule has 30 heavy (non-hydrogen) atoms. The van der Waals surface area contributed by atoms with Gasteiger partial charge in [-0.1, -0.05) is 23.7 Å². The molecule has 0 aliphatic heterocycles. The molecule has 0 aliphatic rings. The minimum absolute atomic E-state index is 0.293. The number of nitrogens with one attached hydrogen (secondary N) is 2. The largest absolute Gasteiger partial charge is 0.341 e. The van der Waals surface area contributed by atoms with Crippen LogP contribution >= 0.6 is 22.9 Å². The van der Waals surface area contributed by atoms with Crippen LogP contribution < -0.4 is 16.4 Å². The van der Waals surface area contributed by atoms with E-state index in [9.17, 15) is 14.4 Å². The Hall–Kier alpha value is -3.16. The maximum Gasteiger partial charge on any atom is 0.316 e. The summed E-state index contributed by atoms with van der Waals surface area (Å²) in [7, 11) is 0. The second kappa shape index (κ2) is 8.30. The Bertz CT molecular complexity index is 1320. The Labute approximate surface area is 180 Å². The highest BCUT2D eigenvalue weighted by Crippen LogP contribution is 2.26. The number of H-pyrrole nitrogens is 1. The average Bonchev–Trinajstić information content (AvgIpc) is 3.28. The van der Waals surface area contributed by atoms with Gasteiger partial charge in [0.1, 0.15) is 0 Å². The number of rotatable bonds is 5. The first-order valence-electron chi connectivity index (χ1n) is 9.33. The van der Waals surface area contributed by atoms with Crippen LogP contribution in [-0.4, -0.2) is 15.5 Å². The number of benzene rings is 2. The number of hydrogen-bond acceptors (Lipinski definition) is 4. The number of nitrogens with zero attached hydrogens (tertiary/aromatic N) is 1. The molecular weight excluding hydrogens is 422 g/mol. The number of amides is 1. The molecule has 0 saturated heterocycles. The lowest BCUT2D eigenvalue weighted by Crippen LogP contribution is -2.36. The van der Waals surface area contributed by atoms with Crippen molar-refractivity contribution in [3.63, 3.8) is 0 Å². The fourth-order valence-corrected chi connectivity index (χ4v) is 4.21. The second-order valence-electron chi connectivity index (χ2n) is 6.75. The van der Waals surface area contributed by atoms with Gasteiger partial charge in [0.15, 0.2) is 0 Å². The lowest BCUT2D eigenvalue weighted by atomic mass is 10.0. The highest BCUT2D eigenvalue weighted by molar-refractivity contribution is 7.08. The summed E-state index contributed by atoms with van der Waals surface area (Å²) < 4.78 is 1.39. The van der Waals surface area contributed by atoms with Crippen LogP contribution in [0.3, 0.4) is 0 Å². The van der Waals surface area contributed by atoms with Gasteiger partial charge in [-0.2, -0.15) is 11.3 Å². The number of fused-ring (bicyclic) bond motifs is 1. The number of aromatic amines is 1. The zero-order valence-corrected chi connectivity index (χ0v) is 17.6. The van der Waals surface area contributed by atoms with Gasteiger partial charge < -0.3 is 14.9 Å². The predicted octanol–water partition coefficient (Wildman–Crippen LogP) is 3.94. The summed E-state index contributed by atoms with van der Waals surface area (Å²) in [6.45, 7) is 2.15. The van der Waals surface area contributed by atoms with Gasteiger partial charge in [-0.15, -0.1) is 0 Å². The molecule has 0 aliphatic carbocycles. The van der Waals surface area contributed by atoms with E-state index in [2.05, 4.69) is 10.3 Å². The molecule has 2 aromatic heterocycles. The van der Waals surface area contributed by atoms with Gasteiger partial charge in [-0.05, 0) is 65.2 Å². The van der Waals surface area contributed by atoms with Gasteiger partial charge in [0.25, 0.3) is 5.91 Å². The van der Waals surface area contributed by atoms with Crippen molar-refractivity contribution in [2.45, 2.75) is 19.5 Å². The Morgan fingerprint density at radius 1 is 1.13 bits per heavy atom. The molecule has 1 atom stereocenters. The molecule has 4 aromatic rings. The molecule has 1 unspecified atom stereocenters. The van der Waals surface area contributed by atoms with E-state index < -0.39 is 11.1 Å². The van der Waals surface area contributed by atoms with Crippen molar-refractivity contribution in [2.75, 3.05) is 0 Å². The molecule has 0 saturated carbocycles. The molecule has 6 nitrogen and oxygen atoms in total. The molecule has 0 spiro atoms. The Morgan fingerprint density at radius 2 is 1.90 bits per heavy atom. The molecule has 1 amide bonds. The Balaban J connectivity index is 1.71. The van der Waals surface area contributed by atoms with E-state index >= 15 is 0 Å². The van der Waals surface area contributed by atoms with Crippen molar-refractivity contribution in [3.8, 4) is 0 Å². The Morgan fingerprint density at radius 3 is 2.57 bits per heavy atom. The van der Waals surface area contributed by atoms with Crippen LogP contribution in [0.5, 0.6) is 0 Å². The summed E-state index contributed by atoms with van der Waals surface area (Å²) in [6.07, 6.45) is 0. The van der Waals surface area contributed by atoms with Crippen molar-refractivity contribution in [1.29, 1.82) is 0 Å². The third-order valence-electron chi connectivity index (χ3n) is 4.91. The van der Waals surface area contributed by atoms with Crippen molar-refractivity contribution in [2.24, 2.45) is 0 Å². The maximum atomic E-state index is 13.0. The lowest BCUT2D eigenvalue weighted by Gasteiger charge is -2.19. The van der Waals surface area contributed by atoms with Gasteiger partial charge in [0, 0.05) is 17.1 Å². The summed E-state index contributed by atoms with van der Waals surface area (Å²) >= 11 is 7.56. The summed E-state index contributed by atoms with van der Waals surface area (Å²) in [6, 6.07) is 13.8. The number of carbonyl (C=O) groups is 1. The number of aromatic nitrogens is 2. The van der Waals surface area contributed by atoms with Gasteiger partial charge in [0.05, 0.1) is 17.1 Å². The SMILES string of the molecule is CCn1c(=O)c(=O)[nH]c2cc(C(=O)NC(c3ccc(Cl)cc3)c3ccsc3)ccc21. The lowest BCUT2D eigenvalue weighted by molar-refractivity contribution is 0.0943. The summed E-state index contributed by atoms with van der Waals surface area (Å²) in [5.74, 6) is -0.293. The molecule has 152 valence electrons. The quantitative estimate of drug-likeness (QED) is 0.462. The van der Waals surface area contributed by atoms with Crippen LogP contribution in [0.15, 0.2) is 68.9 Å². The van der Waals surface area contributed by atoms with Crippen LogP contribution in [0.1, 0.15) is 34.5 Å². The maximum absolute atomic E-state index is 13.0. The van der Waals surface area contributed by atoms with Crippen molar-refractivity contribution in [1.82, 2.24) is 14.9 Å². The van der Waals surface area contributed by atoms with Crippen LogP contribution in [0, 0.1) is 0 Å². The van der Waals surface area contributed by atoms with Crippen molar-refractivity contribution < 1.29 is 4.79 Å². The smallest absolute Gasteiger partial charge is 0.316 e. The monoisotopic (exact) mass is 439 g/mol. The molecular formula is C22H18ClN3O3S. The standard InChI is InChI=1S/C22H18ClN3O3S/c1-2-26-18-8-5-14(11-17(18)24-21(28)22(26)29)20(27)25-19(15-9-10-30-12-15)13-3-6-16(23)7-4-13/h3-12,19H,2H2,1H3,(H,24,28)(H,25,27). The predicted molar refractivity (Wildman–Crippen MR) is 120 cm³/mol. The highest BCUT2D eigenvalue weighted by Gasteiger charge is 2.19. The topological polar surface area (TPSA) is 84.0 Å². The number of hydrogen-bond donors (Lipinski definition) is 2. The van der Waals surface area contributed by atoms with E-state index in [0.29, 0.717) is 28.2 Å². The molecule has 0 fully saturated rings. The third kappa shape index (κ3) is 3.81. The van der Waals surface area contributed by atoms with E-state index in [4.69, 9.17) is 11.6 Å². The van der Waals surface area contributed by atoms with E-state index in [1.807, 2.05) is 29.0 Å². The first kappa shape index (κ1) is 20.1. The van der Waals surface area contributed by atoms with Crippen molar-refractivity contribution >= 4 is 39.9 Å².